The van der Waals surface area contributed by atoms with Crippen LogP contribution in [0.25, 0.3) is 33.1 Å². The molecule has 0 bridgehead atoms. The molecule has 4 heterocycles. The first kappa shape index (κ1) is 27.3. The van der Waals surface area contributed by atoms with Gasteiger partial charge in [0.15, 0.2) is 6.79 Å². The summed E-state index contributed by atoms with van der Waals surface area (Å²) < 4.78 is 20.5. The molecule has 4 aromatic rings. The van der Waals surface area contributed by atoms with Crippen LogP contribution < -0.4 is 10.3 Å². The highest BCUT2D eigenvalue weighted by molar-refractivity contribution is 5.92. The lowest BCUT2D eigenvalue weighted by molar-refractivity contribution is 0.000493. The van der Waals surface area contributed by atoms with Gasteiger partial charge in [0, 0.05) is 61.2 Å². The Morgan fingerprint density at radius 2 is 1.98 bits per heavy atom. The topological polar surface area (TPSA) is 101 Å². The van der Waals surface area contributed by atoms with Crippen molar-refractivity contribution in [2.45, 2.75) is 70.6 Å². The summed E-state index contributed by atoms with van der Waals surface area (Å²) in [6.45, 7) is 8.30. The summed E-state index contributed by atoms with van der Waals surface area (Å²) in [6.07, 6.45) is 6.87. The SMILES string of the molecule is COCOc1c(-c2ccc3c(=O)n([C@H]4CCN(C(=O)OC(C)(C)C)C5(CC5)C4)ccc3n2)cc2cn(C)nc2c1C. The molecule has 1 amide bonds. The van der Waals surface area contributed by atoms with Crippen molar-refractivity contribution < 1.29 is 19.0 Å². The van der Waals surface area contributed by atoms with E-state index in [1.807, 2.05) is 80.9 Å². The number of likely N-dealkylation sites (tertiary alicyclic amines) is 1. The van der Waals surface area contributed by atoms with Gasteiger partial charge in [0.2, 0.25) is 0 Å². The molecule has 2 aliphatic rings. The Hall–Kier alpha value is -3.92. The molecule has 6 rings (SSSR count). The summed E-state index contributed by atoms with van der Waals surface area (Å²) in [7, 11) is 3.47. The van der Waals surface area contributed by atoms with Crippen LogP contribution in [0.4, 0.5) is 4.79 Å². The third kappa shape index (κ3) is 4.94. The summed E-state index contributed by atoms with van der Waals surface area (Å²) in [5.41, 5.74) is 3.08. The Kier molecular flexibility index (Phi) is 6.56. The van der Waals surface area contributed by atoms with E-state index in [1.165, 1.54) is 0 Å². The number of carbonyl (C=O) groups excluding carboxylic acids is 1. The second-order valence-corrected chi connectivity index (χ2v) is 12.3. The van der Waals surface area contributed by atoms with E-state index in [9.17, 15) is 9.59 Å². The first-order valence-corrected chi connectivity index (χ1v) is 14.1. The zero-order chi connectivity index (χ0) is 29.1. The molecule has 10 heteroatoms. The highest BCUT2D eigenvalue weighted by Crippen LogP contribution is 2.51. The third-order valence-corrected chi connectivity index (χ3v) is 8.19. The fourth-order valence-electron chi connectivity index (χ4n) is 6.13. The summed E-state index contributed by atoms with van der Waals surface area (Å²) in [5, 5.41) is 6.12. The summed E-state index contributed by atoms with van der Waals surface area (Å²) in [6, 6.07) is 7.66. The van der Waals surface area contributed by atoms with Gasteiger partial charge in [-0.3, -0.25) is 9.48 Å². The Balaban J connectivity index is 1.32. The molecule has 216 valence electrons. The fourth-order valence-corrected chi connectivity index (χ4v) is 6.13. The van der Waals surface area contributed by atoms with E-state index in [4.69, 9.17) is 19.2 Å². The molecule has 2 fully saturated rings. The summed E-state index contributed by atoms with van der Waals surface area (Å²) in [5.74, 6) is 0.657. The van der Waals surface area contributed by atoms with Gasteiger partial charge in [-0.05, 0) is 77.6 Å². The van der Waals surface area contributed by atoms with E-state index in [1.54, 1.807) is 11.8 Å². The van der Waals surface area contributed by atoms with E-state index in [0.717, 1.165) is 41.3 Å². The molecule has 1 aliphatic heterocycles. The average molecular weight is 560 g/mol. The number of nitrogens with zero attached hydrogens (tertiary/aromatic N) is 5. The number of ether oxygens (including phenoxy) is 3. The van der Waals surface area contributed by atoms with Crippen LogP contribution in [-0.4, -0.2) is 61.9 Å². The number of amides is 1. The lowest BCUT2D eigenvalue weighted by Crippen LogP contribution is -2.50. The molecule has 3 aromatic heterocycles. The van der Waals surface area contributed by atoms with Crippen LogP contribution in [0.1, 0.15) is 58.1 Å². The third-order valence-electron chi connectivity index (χ3n) is 8.19. The minimum atomic E-state index is -0.537. The quantitative estimate of drug-likeness (QED) is 0.304. The monoisotopic (exact) mass is 559 g/mol. The Labute approximate surface area is 238 Å². The minimum absolute atomic E-state index is 0.0115. The predicted molar refractivity (Wildman–Crippen MR) is 156 cm³/mol. The number of rotatable bonds is 5. The van der Waals surface area contributed by atoms with Crippen LogP contribution in [0.15, 0.2) is 41.5 Å². The molecule has 41 heavy (non-hydrogen) atoms. The van der Waals surface area contributed by atoms with Crippen LogP contribution in [-0.2, 0) is 16.5 Å². The Morgan fingerprint density at radius 3 is 2.68 bits per heavy atom. The molecule has 0 N–H and O–H groups in total. The number of benzene rings is 1. The van der Waals surface area contributed by atoms with Crippen molar-refractivity contribution in [2.75, 3.05) is 20.4 Å². The van der Waals surface area contributed by atoms with E-state index >= 15 is 0 Å². The van der Waals surface area contributed by atoms with Crippen LogP contribution in [0.2, 0.25) is 0 Å². The van der Waals surface area contributed by atoms with E-state index in [0.29, 0.717) is 35.3 Å². The van der Waals surface area contributed by atoms with Crippen molar-refractivity contribution in [3.63, 3.8) is 0 Å². The number of piperidine rings is 1. The van der Waals surface area contributed by atoms with Gasteiger partial charge in [-0.15, -0.1) is 0 Å². The molecule has 0 radical (unpaired) electrons. The molecule has 10 nitrogen and oxygen atoms in total. The molecule has 1 saturated heterocycles. The molecular formula is C31H37N5O5. The molecule has 0 unspecified atom stereocenters. The molecule has 1 aromatic carbocycles. The van der Waals surface area contributed by atoms with E-state index < -0.39 is 5.60 Å². The van der Waals surface area contributed by atoms with Crippen LogP contribution in [0.5, 0.6) is 5.75 Å². The highest BCUT2D eigenvalue weighted by Gasteiger charge is 2.54. The first-order valence-electron chi connectivity index (χ1n) is 14.1. The average Bonchev–Trinajstić information content (AvgIpc) is 3.56. The lowest BCUT2D eigenvalue weighted by atomic mass is 9.94. The van der Waals surface area contributed by atoms with Crippen molar-refractivity contribution in [3.8, 4) is 17.0 Å². The van der Waals surface area contributed by atoms with Crippen molar-refractivity contribution in [1.29, 1.82) is 0 Å². The second kappa shape index (κ2) is 9.87. The second-order valence-electron chi connectivity index (χ2n) is 12.3. The normalized spacial score (nSPS) is 18.3. The van der Waals surface area contributed by atoms with Gasteiger partial charge >= 0.3 is 6.09 Å². The number of aryl methyl sites for hydroxylation is 2. The van der Waals surface area contributed by atoms with Gasteiger partial charge in [-0.2, -0.15) is 5.10 Å². The predicted octanol–water partition coefficient (Wildman–Crippen LogP) is 5.35. The number of pyridine rings is 2. The molecule has 1 saturated carbocycles. The largest absolute Gasteiger partial charge is 0.466 e. The molecule has 1 spiro atoms. The zero-order valence-corrected chi connectivity index (χ0v) is 24.6. The smallest absolute Gasteiger partial charge is 0.410 e. The number of carbonyl (C=O) groups is 1. The Bertz CT molecular complexity index is 1710. The van der Waals surface area contributed by atoms with Crippen molar-refractivity contribution in [2.24, 2.45) is 7.05 Å². The number of hydrogen-bond donors (Lipinski definition) is 0. The molecule has 1 aliphatic carbocycles. The van der Waals surface area contributed by atoms with Gasteiger partial charge in [-0.25, -0.2) is 9.78 Å². The lowest BCUT2D eigenvalue weighted by Gasteiger charge is -2.41. The van der Waals surface area contributed by atoms with E-state index in [-0.39, 0.29) is 30.0 Å². The van der Waals surface area contributed by atoms with Gasteiger partial charge in [0.1, 0.15) is 11.4 Å². The maximum atomic E-state index is 13.7. The first-order chi connectivity index (χ1) is 19.5. The van der Waals surface area contributed by atoms with Gasteiger partial charge in [-0.1, -0.05) is 0 Å². The maximum Gasteiger partial charge on any atom is 0.410 e. The summed E-state index contributed by atoms with van der Waals surface area (Å²) in [4.78, 5) is 33.4. The number of fused-ring (bicyclic) bond motifs is 2. The van der Waals surface area contributed by atoms with Gasteiger partial charge < -0.3 is 23.7 Å². The van der Waals surface area contributed by atoms with Gasteiger partial charge in [0.25, 0.3) is 5.56 Å². The van der Waals surface area contributed by atoms with Crippen LogP contribution >= 0.6 is 0 Å². The highest BCUT2D eigenvalue weighted by atomic mass is 16.7. The van der Waals surface area contributed by atoms with Gasteiger partial charge in [0.05, 0.1) is 22.1 Å². The zero-order valence-electron chi connectivity index (χ0n) is 24.6. The number of methoxy groups -OCH3 is 1. The van der Waals surface area contributed by atoms with Crippen molar-refractivity contribution in [1.82, 2.24) is 24.2 Å². The number of aromatic nitrogens is 4. The van der Waals surface area contributed by atoms with Crippen molar-refractivity contribution >= 4 is 27.9 Å². The van der Waals surface area contributed by atoms with Crippen molar-refractivity contribution in [3.05, 3.63) is 52.6 Å². The number of hydrogen-bond acceptors (Lipinski definition) is 7. The minimum Gasteiger partial charge on any atom is -0.466 e. The maximum absolute atomic E-state index is 13.7. The molecular weight excluding hydrogens is 522 g/mol. The molecule has 1 atom stereocenters. The fraction of sp³-hybridized carbons (Fsp3) is 0.484. The standard InChI is InChI=1S/C31H37N5O5/c1-19-26-20(17-34(5)33-26)15-23(27(19)40-18-39-6)24-8-7-22-25(32-24)10-13-35(28(22)37)21-9-14-36(31(16-21)11-12-31)29(38)41-30(2,3)4/h7-8,10,13,15,17,21H,9,11-12,14,16,18H2,1-6H3/t21-/m0/s1. The van der Waals surface area contributed by atoms with Crippen LogP contribution in [0.3, 0.4) is 0 Å². The van der Waals surface area contributed by atoms with Crippen LogP contribution in [0, 0.1) is 6.92 Å². The van der Waals surface area contributed by atoms with E-state index in [2.05, 4.69) is 5.10 Å². The summed E-state index contributed by atoms with van der Waals surface area (Å²) >= 11 is 0. The Morgan fingerprint density at radius 1 is 1.20 bits per heavy atom.